The highest BCUT2D eigenvalue weighted by Gasteiger charge is 2.41. The van der Waals surface area contributed by atoms with Crippen LogP contribution in [0.5, 0.6) is 0 Å². The van der Waals surface area contributed by atoms with Crippen LogP contribution in [-0.2, 0) is 0 Å². The van der Waals surface area contributed by atoms with Crippen molar-refractivity contribution in [3.05, 3.63) is 33.1 Å². The van der Waals surface area contributed by atoms with Crippen LogP contribution in [-0.4, -0.2) is 11.5 Å². The number of nitro groups is 1. The van der Waals surface area contributed by atoms with Gasteiger partial charge in [0.25, 0.3) is 5.69 Å². The molecule has 1 aromatic rings. The van der Waals surface area contributed by atoms with Gasteiger partial charge in [-0.15, -0.1) is 0 Å². The molecule has 1 aliphatic carbocycles. The van der Waals surface area contributed by atoms with Gasteiger partial charge >= 0.3 is 0 Å². The Morgan fingerprint density at radius 3 is 2.74 bits per heavy atom. The quantitative estimate of drug-likeness (QED) is 0.624. The van der Waals surface area contributed by atoms with Gasteiger partial charge in [-0.2, -0.15) is 0 Å². The molecule has 0 amide bonds. The molecule has 1 fully saturated rings. The second kappa shape index (κ2) is 5.33. The lowest BCUT2D eigenvalue weighted by molar-refractivity contribution is -0.384. The smallest absolute Gasteiger partial charge is 0.294 e. The van der Waals surface area contributed by atoms with Crippen LogP contribution in [0.2, 0.25) is 5.02 Å². The van der Waals surface area contributed by atoms with Crippen LogP contribution in [0, 0.1) is 21.3 Å². The average molecular weight is 287 g/mol. The fraction of sp³-hybridized carbons (Fsp3) is 0.538. The van der Waals surface area contributed by atoms with E-state index in [-0.39, 0.29) is 21.8 Å². The summed E-state index contributed by atoms with van der Waals surface area (Å²) in [5.74, 6) is -0.643. The number of hydrogen-bond acceptors (Lipinski definition) is 3. The van der Waals surface area contributed by atoms with Crippen LogP contribution in [0.1, 0.15) is 32.6 Å². The number of nitrogens with one attached hydrogen (secondary N) is 1. The average Bonchev–Trinajstić information content (AvgIpc) is 3.11. The van der Waals surface area contributed by atoms with Crippen LogP contribution >= 0.6 is 11.6 Å². The third-order valence-corrected chi connectivity index (χ3v) is 3.92. The summed E-state index contributed by atoms with van der Waals surface area (Å²) >= 11 is 5.57. The molecule has 1 N–H and O–H groups in total. The first-order valence-electron chi connectivity index (χ1n) is 6.35. The minimum absolute atomic E-state index is 0.182. The second-order valence-electron chi connectivity index (χ2n) is 5.14. The molecule has 6 heteroatoms. The third kappa shape index (κ3) is 3.15. The molecule has 0 aromatic heterocycles. The van der Waals surface area contributed by atoms with E-state index in [9.17, 15) is 14.5 Å². The Morgan fingerprint density at radius 1 is 1.53 bits per heavy atom. The Labute approximate surface area is 116 Å². The molecule has 4 nitrogen and oxygen atoms in total. The van der Waals surface area contributed by atoms with Gasteiger partial charge < -0.3 is 5.32 Å². The first-order chi connectivity index (χ1) is 8.97. The maximum atomic E-state index is 13.4. The van der Waals surface area contributed by atoms with Crippen LogP contribution in [0.3, 0.4) is 0 Å². The van der Waals surface area contributed by atoms with Gasteiger partial charge in [0.15, 0.2) is 0 Å². The maximum absolute atomic E-state index is 13.4. The predicted octanol–water partition coefficient (Wildman–Crippen LogP) is 4.38. The maximum Gasteiger partial charge on any atom is 0.294 e. The van der Waals surface area contributed by atoms with E-state index >= 15 is 0 Å². The molecule has 0 atom stereocenters. The van der Waals surface area contributed by atoms with Crippen LogP contribution < -0.4 is 5.32 Å². The predicted molar refractivity (Wildman–Crippen MR) is 73.1 cm³/mol. The molecule has 0 bridgehead atoms. The van der Waals surface area contributed by atoms with E-state index in [1.54, 1.807) is 0 Å². The van der Waals surface area contributed by atoms with E-state index in [2.05, 4.69) is 12.2 Å². The summed E-state index contributed by atoms with van der Waals surface area (Å²) in [7, 11) is 0. The molecule has 104 valence electrons. The molecule has 1 aliphatic rings. The molecule has 0 spiro atoms. The summed E-state index contributed by atoms with van der Waals surface area (Å²) in [5, 5.41) is 13.7. The third-order valence-electron chi connectivity index (χ3n) is 3.63. The number of anilines is 1. The van der Waals surface area contributed by atoms with Crippen molar-refractivity contribution in [3.8, 4) is 0 Å². The normalized spacial score (nSPS) is 16.2. The van der Waals surface area contributed by atoms with Gasteiger partial charge in [-0.3, -0.25) is 10.1 Å². The fourth-order valence-electron chi connectivity index (χ4n) is 2.33. The van der Waals surface area contributed by atoms with Gasteiger partial charge in [0.05, 0.1) is 9.95 Å². The van der Waals surface area contributed by atoms with Gasteiger partial charge in [0, 0.05) is 18.7 Å². The monoisotopic (exact) mass is 286 g/mol. The van der Waals surface area contributed by atoms with E-state index < -0.39 is 10.7 Å². The van der Waals surface area contributed by atoms with E-state index in [1.807, 2.05) is 0 Å². The molecule has 0 heterocycles. The van der Waals surface area contributed by atoms with Crippen molar-refractivity contribution < 1.29 is 9.31 Å². The number of nitrogens with zero attached hydrogens (tertiary/aromatic N) is 1. The van der Waals surface area contributed by atoms with Gasteiger partial charge in [-0.1, -0.05) is 24.9 Å². The van der Waals surface area contributed by atoms with Gasteiger partial charge in [0.2, 0.25) is 0 Å². The molecule has 19 heavy (non-hydrogen) atoms. The van der Waals surface area contributed by atoms with Crippen LogP contribution in [0.15, 0.2) is 12.1 Å². The number of nitro benzene ring substituents is 1. The SMILES string of the molecule is CCCC1(CNc2cc(F)c(Cl)cc2[N+](=O)[O-])CC1. The molecule has 0 saturated heterocycles. The van der Waals surface area contributed by atoms with Crippen molar-refractivity contribution in [2.75, 3.05) is 11.9 Å². The molecule has 1 saturated carbocycles. The Balaban J connectivity index is 2.15. The van der Waals surface area contributed by atoms with E-state index in [1.165, 1.54) is 0 Å². The first kappa shape index (κ1) is 14.1. The number of hydrogen-bond donors (Lipinski definition) is 1. The topological polar surface area (TPSA) is 55.2 Å². The van der Waals surface area contributed by atoms with Crippen molar-refractivity contribution in [2.24, 2.45) is 5.41 Å². The standard InChI is InChI=1S/C13H16ClFN2O2/c1-2-3-13(4-5-13)8-16-11-7-10(15)9(14)6-12(11)17(18)19/h6-7,16H,2-5,8H2,1H3. The van der Waals surface area contributed by atoms with Crippen LogP contribution in [0.25, 0.3) is 0 Å². The summed E-state index contributed by atoms with van der Waals surface area (Å²) < 4.78 is 13.4. The molecular formula is C13H16ClFN2O2. The number of benzene rings is 1. The highest BCUT2D eigenvalue weighted by molar-refractivity contribution is 6.31. The summed E-state index contributed by atoms with van der Waals surface area (Å²) in [6.45, 7) is 2.76. The zero-order chi connectivity index (χ0) is 14.0. The fourth-order valence-corrected chi connectivity index (χ4v) is 2.49. The Kier molecular flexibility index (Phi) is 3.94. The van der Waals surface area contributed by atoms with Crippen molar-refractivity contribution >= 4 is 23.0 Å². The summed E-state index contributed by atoms with van der Waals surface area (Å²) in [5.41, 5.74) is 0.256. The lowest BCUT2D eigenvalue weighted by Gasteiger charge is -2.16. The van der Waals surface area contributed by atoms with Crippen molar-refractivity contribution in [3.63, 3.8) is 0 Å². The van der Waals surface area contributed by atoms with Crippen molar-refractivity contribution in [1.82, 2.24) is 0 Å². The van der Waals surface area contributed by atoms with Crippen LogP contribution in [0.4, 0.5) is 15.8 Å². The second-order valence-corrected chi connectivity index (χ2v) is 5.55. The summed E-state index contributed by atoms with van der Waals surface area (Å²) in [6, 6.07) is 2.15. The zero-order valence-corrected chi connectivity index (χ0v) is 11.5. The zero-order valence-electron chi connectivity index (χ0n) is 10.7. The lowest BCUT2D eigenvalue weighted by atomic mass is 10.0. The first-order valence-corrected chi connectivity index (χ1v) is 6.72. The molecule has 2 rings (SSSR count). The Bertz CT molecular complexity index is 504. The number of halogens is 2. The summed E-state index contributed by atoms with van der Waals surface area (Å²) in [4.78, 5) is 10.4. The molecule has 1 aromatic carbocycles. The Hall–Kier alpha value is -1.36. The van der Waals surface area contributed by atoms with E-state index in [0.717, 1.165) is 37.8 Å². The minimum Gasteiger partial charge on any atom is -0.379 e. The number of rotatable bonds is 6. The van der Waals surface area contributed by atoms with E-state index in [4.69, 9.17) is 11.6 Å². The molecule has 0 aliphatic heterocycles. The molecule has 0 unspecified atom stereocenters. The minimum atomic E-state index is -0.643. The highest BCUT2D eigenvalue weighted by Crippen LogP contribution is 2.49. The highest BCUT2D eigenvalue weighted by atomic mass is 35.5. The van der Waals surface area contributed by atoms with Gasteiger partial charge in [-0.05, 0) is 24.7 Å². The van der Waals surface area contributed by atoms with E-state index in [0.29, 0.717) is 6.54 Å². The Morgan fingerprint density at radius 2 is 2.21 bits per heavy atom. The molecule has 0 radical (unpaired) electrons. The van der Waals surface area contributed by atoms with Crippen molar-refractivity contribution in [1.29, 1.82) is 0 Å². The molecular weight excluding hydrogens is 271 g/mol. The van der Waals surface area contributed by atoms with Gasteiger partial charge in [0.1, 0.15) is 11.5 Å². The van der Waals surface area contributed by atoms with Crippen molar-refractivity contribution in [2.45, 2.75) is 32.6 Å². The largest absolute Gasteiger partial charge is 0.379 e. The lowest BCUT2D eigenvalue weighted by Crippen LogP contribution is -2.16. The summed E-state index contributed by atoms with van der Waals surface area (Å²) in [6.07, 6.45) is 4.41. The van der Waals surface area contributed by atoms with Gasteiger partial charge in [-0.25, -0.2) is 4.39 Å².